The van der Waals surface area contributed by atoms with Crippen molar-refractivity contribution in [2.45, 2.75) is 39.2 Å². The van der Waals surface area contributed by atoms with E-state index in [1.807, 2.05) is 37.3 Å². The second-order valence-corrected chi connectivity index (χ2v) is 7.64. The minimum Gasteiger partial charge on any atom is -0.493 e. The molecular weight excluding hydrogens is 392 g/mol. The van der Waals surface area contributed by atoms with Gasteiger partial charge in [0.05, 0.1) is 19.8 Å². The molecule has 0 fully saturated rings. The number of amides is 2. The summed E-state index contributed by atoms with van der Waals surface area (Å²) in [6, 6.07) is 12.6. The van der Waals surface area contributed by atoms with Crippen molar-refractivity contribution in [3.8, 4) is 11.5 Å². The largest absolute Gasteiger partial charge is 0.493 e. The van der Waals surface area contributed by atoms with Gasteiger partial charge in [0, 0.05) is 16.8 Å². The van der Waals surface area contributed by atoms with Crippen LogP contribution < -0.4 is 14.8 Å². The molecule has 31 heavy (non-hydrogen) atoms. The summed E-state index contributed by atoms with van der Waals surface area (Å²) in [5.41, 5.74) is 2.79. The van der Waals surface area contributed by atoms with E-state index in [4.69, 9.17) is 9.47 Å². The summed E-state index contributed by atoms with van der Waals surface area (Å²) >= 11 is 0. The number of nitrogens with zero attached hydrogens (tertiary/aromatic N) is 1. The van der Waals surface area contributed by atoms with Crippen molar-refractivity contribution < 1.29 is 19.1 Å². The molecule has 3 rings (SSSR count). The van der Waals surface area contributed by atoms with Gasteiger partial charge in [0.1, 0.15) is 6.54 Å². The predicted octanol–water partition coefficient (Wildman–Crippen LogP) is 4.57. The molecule has 1 aliphatic heterocycles. The van der Waals surface area contributed by atoms with Crippen molar-refractivity contribution >= 4 is 17.5 Å². The molecule has 164 valence electrons. The van der Waals surface area contributed by atoms with Crippen LogP contribution in [0.4, 0.5) is 0 Å². The lowest BCUT2D eigenvalue weighted by Crippen LogP contribution is -2.37. The Kier molecular flexibility index (Phi) is 7.34. The molecule has 6 heteroatoms. The molecule has 2 aromatic rings. The summed E-state index contributed by atoms with van der Waals surface area (Å²) in [5, 5.41) is 2.95. The minimum atomic E-state index is -0.260. The van der Waals surface area contributed by atoms with Crippen LogP contribution in [0.1, 0.15) is 60.6 Å². The third-order valence-electron chi connectivity index (χ3n) is 5.41. The molecule has 0 saturated carbocycles. The first-order valence-corrected chi connectivity index (χ1v) is 10.7. The first-order chi connectivity index (χ1) is 15.0. The van der Waals surface area contributed by atoms with Gasteiger partial charge >= 0.3 is 0 Å². The molecule has 1 aliphatic rings. The van der Waals surface area contributed by atoms with Crippen molar-refractivity contribution in [3.63, 3.8) is 0 Å². The van der Waals surface area contributed by atoms with E-state index in [0.29, 0.717) is 29.4 Å². The van der Waals surface area contributed by atoms with Crippen LogP contribution in [-0.4, -0.2) is 37.0 Å². The summed E-state index contributed by atoms with van der Waals surface area (Å²) in [7, 11) is 1.60. The summed E-state index contributed by atoms with van der Waals surface area (Å²) < 4.78 is 11.3. The van der Waals surface area contributed by atoms with Crippen molar-refractivity contribution in [1.82, 2.24) is 10.2 Å². The summed E-state index contributed by atoms with van der Waals surface area (Å²) in [5.74, 6) is 0.870. The Morgan fingerprint density at radius 3 is 2.55 bits per heavy atom. The van der Waals surface area contributed by atoms with Crippen molar-refractivity contribution in [2.24, 2.45) is 0 Å². The maximum Gasteiger partial charge on any atom is 0.259 e. The molecular formula is C25H30N2O4. The highest BCUT2D eigenvalue weighted by Crippen LogP contribution is 2.32. The number of hydrogen-bond donors (Lipinski definition) is 1. The van der Waals surface area contributed by atoms with E-state index in [1.54, 1.807) is 19.2 Å². The van der Waals surface area contributed by atoms with E-state index < -0.39 is 0 Å². The molecule has 6 nitrogen and oxygen atoms in total. The monoisotopic (exact) mass is 422 g/mol. The molecule has 1 N–H and O–H groups in total. The van der Waals surface area contributed by atoms with E-state index in [2.05, 4.69) is 18.8 Å². The molecule has 0 saturated heterocycles. The normalized spacial score (nSPS) is 13.7. The molecule has 2 amide bonds. The number of fused-ring (bicyclic) bond motifs is 1. The van der Waals surface area contributed by atoms with Gasteiger partial charge in [0.2, 0.25) is 5.91 Å². The fourth-order valence-electron chi connectivity index (χ4n) is 3.62. The number of benzene rings is 2. The Labute approximate surface area is 183 Å². The number of rotatable bonds is 10. The first kappa shape index (κ1) is 22.4. The number of hydrogen-bond acceptors (Lipinski definition) is 4. The maximum absolute atomic E-state index is 12.6. The average molecular weight is 423 g/mol. The third-order valence-corrected chi connectivity index (χ3v) is 5.41. The Bertz CT molecular complexity index is 935. The fourth-order valence-corrected chi connectivity index (χ4v) is 3.62. The van der Waals surface area contributed by atoms with Gasteiger partial charge in [-0.25, -0.2) is 0 Å². The van der Waals surface area contributed by atoms with Crippen molar-refractivity contribution in [1.29, 1.82) is 0 Å². The highest BCUT2D eigenvalue weighted by molar-refractivity contribution is 6.10. The zero-order chi connectivity index (χ0) is 22.4. The van der Waals surface area contributed by atoms with E-state index in [0.717, 1.165) is 30.4 Å². The van der Waals surface area contributed by atoms with Crippen LogP contribution in [0.25, 0.3) is 5.70 Å². The molecule has 2 aromatic carbocycles. The van der Waals surface area contributed by atoms with Gasteiger partial charge in [0.25, 0.3) is 5.91 Å². The molecule has 0 spiro atoms. The van der Waals surface area contributed by atoms with Gasteiger partial charge in [-0.05, 0) is 37.1 Å². The molecule has 0 bridgehead atoms. The number of unbranched alkanes of at least 4 members (excludes halogenated alkanes) is 2. The summed E-state index contributed by atoms with van der Waals surface area (Å²) in [6.07, 6.45) is 3.26. The SMILES string of the molecule is C=C1c2ccccc2C(=O)N1CC(=O)NC(C)c1ccc(OCCCCC)c(OC)c1. The summed E-state index contributed by atoms with van der Waals surface area (Å²) in [6.45, 7) is 8.59. The highest BCUT2D eigenvalue weighted by Gasteiger charge is 2.32. The number of nitrogens with one attached hydrogen (secondary N) is 1. The quantitative estimate of drug-likeness (QED) is 0.570. The zero-order valence-electron chi connectivity index (χ0n) is 18.4. The van der Waals surface area contributed by atoms with Crippen LogP contribution in [0.3, 0.4) is 0 Å². The van der Waals surface area contributed by atoms with Gasteiger partial charge in [-0.2, -0.15) is 0 Å². The first-order valence-electron chi connectivity index (χ1n) is 10.7. The third kappa shape index (κ3) is 5.08. The highest BCUT2D eigenvalue weighted by atomic mass is 16.5. The second kappa shape index (κ2) is 10.2. The van der Waals surface area contributed by atoms with Gasteiger partial charge < -0.3 is 14.8 Å². The molecule has 0 radical (unpaired) electrons. The van der Waals surface area contributed by atoms with Crippen LogP contribution in [0.2, 0.25) is 0 Å². The Morgan fingerprint density at radius 1 is 1.13 bits per heavy atom. The van der Waals surface area contributed by atoms with Gasteiger partial charge in [-0.15, -0.1) is 0 Å². The van der Waals surface area contributed by atoms with Crippen LogP contribution in [0.5, 0.6) is 11.5 Å². The maximum atomic E-state index is 12.6. The number of methoxy groups -OCH3 is 1. The number of carbonyl (C=O) groups is 2. The molecule has 1 heterocycles. The Morgan fingerprint density at radius 2 is 1.87 bits per heavy atom. The molecule has 1 atom stereocenters. The average Bonchev–Trinajstić information content (AvgIpc) is 3.01. The van der Waals surface area contributed by atoms with E-state index >= 15 is 0 Å². The Balaban J connectivity index is 1.61. The predicted molar refractivity (Wildman–Crippen MR) is 121 cm³/mol. The van der Waals surface area contributed by atoms with Gasteiger partial charge in [-0.3, -0.25) is 14.5 Å². The molecule has 0 aliphatic carbocycles. The zero-order valence-corrected chi connectivity index (χ0v) is 18.4. The standard InChI is InChI=1S/C25H30N2O4/c1-5-6-9-14-31-22-13-12-19(15-23(22)30-4)17(2)26-24(28)16-27-18(3)20-10-7-8-11-21(20)25(27)29/h7-8,10-13,15,17H,3,5-6,9,14,16H2,1-2,4H3,(H,26,28). The molecule has 0 aromatic heterocycles. The van der Waals surface area contributed by atoms with Crippen LogP contribution in [-0.2, 0) is 4.79 Å². The number of ether oxygens (including phenoxy) is 2. The van der Waals surface area contributed by atoms with Gasteiger partial charge in [0.15, 0.2) is 11.5 Å². The Hall–Kier alpha value is -3.28. The lowest BCUT2D eigenvalue weighted by atomic mass is 10.1. The van der Waals surface area contributed by atoms with Crippen LogP contribution >= 0.6 is 0 Å². The second-order valence-electron chi connectivity index (χ2n) is 7.64. The summed E-state index contributed by atoms with van der Waals surface area (Å²) in [4.78, 5) is 26.7. The van der Waals surface area contributed by atoms with Crippen molar-refractivity contribution in [2.75, 3.05) is 20.3 Å². The van der Waals surface area contributed by atoms with Crippen LogP contribution in [0.15, 0.2) is 49.0 Å². The van der Waals surface area contributed by atoms with E-state index in [-0.39, 0.29) is 24.4 Å². The van der Waals surface area contributed by atoms with E-state index in [1.165, 1.54) is 4.90 Å². The topological polar surface area (TPSA) is 67.9 Å². The lowest BCUT2D eigenvalue weighted by molar-refractivity contribution is -0.121. The molecule has 1 unspecified atom stereocenters. The smallest absolute Gasteiger partial charge is 0.259 e. The number of carbonyl (C=O) groups excluding carboxylic acids is 2. The lowest BCUT2D eigenvalue weighted by Gasteiger charge is -2.20. The van der Waals surface area contributed by atoms with E-state index in [9.17, 15) is 9.59 Å². The fraction of sp³-hybridized carbons (Fsp3) is 0.360. The van der Waals surface area contributed by atoms with Gasteiger partial charge in [-0.1, -0.05) is 50.6 Å². The van der Waals surface area contributed by atoms with Crippen molar-refractivity contribution in [3.05, 3.63) is 65.7 Å². The minimum absolute atomic E-state index is 0.0769. The van der Waals surface area contributed by atoms with Crippen LogP contribution in [0, 0.1) is 0 Å².